The molecule has 1 heterocycles. The lowest BCUT2D eigenvalue weighted by Gasteiger charge is -2.13. The number of Topliss-reactive ketones (excluding diaryl/α,β-unsaturated/α-hetero) is 1. The number of carbonyl (C=O) groups excluding carboxylic acids is 2. The van der Waals surface area contributed by atoms with Gasteiger partial charge in [-0.25, -0.2) is 9.89 Å². The van der Waals surface area contributed by atoms with E-state index in [1.165, 1.54) is 23.3 Å². The Bertz CT molecular complexity index is 795. The van der Waals surface area contributed by atoms with Crippen molar-refractivity contribution < 1.29 is 9.59 Å². The fourth-order valence-electron chi connectivity index (χ4n) is 2.39. The molecule has 0 fully saturated rings. The van der Waals surface area contributed by atoms with Crippen molar-refractivity contribution in [1.82, 2.24) is 20.1 Å². The maximum atomic E-state index is 12.3. The van der Waals surface area contributed by atoms with Crippen LogP contribution in [0.1, 0.15) is 49.2 Å². The number of hydrogen-bond acceptors (Lipinski definition) is 5. The molecule has 0 aliphatic carbocycles. The fourth-order valence-corrected chi connectivity index (χ4v) is 3.26. The number of nitrogens with one attached hydrogen (secondary N) is 2. The first-order valence-corrected chi connectivity index (χ1v) is 9.09. The van der Waals surface area contributed by atoms with Crippen molar-refractivity contribution in [2.45, 2.75) is 44.9 Å². The Morgan fingerprint density at radius 1 is 1.32 bits per heavy atom. The number of aromatic amines is 1. The van der Waals surface area contributed by atoms with Crippen molar-refractivity contribution in [2.75, 3.05) is 5.75 Å². The zero-order valence-corrected chi connectivity index (χ0v) is 15.4. The molecule has 2 rings (SSSR count). The van der Waals surface area contributed by atoms with Crippen LogP contribution in [0.5, 0.6) is 0 Å². The Hall–Kier alpha value is -2.35. The van der Waals surface area contributed by atoms with E-state index in [-0.39, 0.29) is 29.2 Å². The summed E-state index contributed by atoms with van der Waals surface area (Å²) in [6.07, 6.45) is 0.814. The van der Waals surface area contributed by atoms with Gasteiger partial charge in [-0.1, -0.05) is 43.0 Å². The van der Waals surface area contributed by atoms with Crippen LogP contribution in [-0.4, -0.2) is 32.2 Å². The van der Waals surface area contributed by atoms with Crippen LogP contribution in [0.25, 0.3) is 0 Å². The van der Waals surface area contributed by atoms with Gasteiger partial charge >= 0.3 is 5.69 Å². The summed E-state index contributed by atoms with van der Waals surface area (Å²) in [5.74, 6) is 0.0672. The first-order chi connectivity index (χ1) is 11.9. The summed E-state index contributed by atoms with van der Waals surface area (Å²) in [6, 6.07) is 7.06. The molecule has 0 aliphatic heterocycles. The predicted molar refractivity (Wildman–Crippen MR) is 96.9 cm³/mol. The molecule has 0 bridgehead atoms. The highest BCUT2D eigenvalue weighted by Crippen LogP contribution is 2.18. The highest BCUT2D eigenvalue weighted by atomic mass is 32.2. The topological polar surface area (TPSA) is 96.8 Å². The minimum Gasteiger partial charge on any atom is -0.350 e. The Morgan fingerprint density at radius 3 is 2.60 bits per heavy atom. The number of hydrogen-bond donors (Lipinski definition) is 2. The van der Waals surface area contributed by atoms with Crippen molar-refractivity contribution in [2.24, 2.45) is 0 Å². The van der Waals surface area contributed by atoms with Crippen molar-refractivity contribution in [1.29, 1.82) is 0 Å². The second-order valence-electron chi connectivity index (χ2n) is 5.72. The lowest BCUT2D eigenvalue weighted by Crippen LogP contribution is -2.23. The largest absolute Gasteiger partial charge is 0.350 e. The number of nitrogens with zero attached hydrogens (tertiary/aromatic N) is 2. The van der Waals surface area contributed by atoms with Gasteiger partial charge in [-0.15, -0.1) is 5.10 Å². The summed E-state index contributed by atoms with van der Waals surface area (Å²) in [5.41, 5.74) is 1.27. The summed E-state index contributed by atoms with van der Waals surface area (Å²) < 4.78 is 1.54. The van der Waals surface area contributed by atoms with E-state index in [0.717, 1.165) is 12.0 Å². The van der Waals surface area contributed by atoms with Crippen LogP contribution >= 0.6 is 11.8 Å². The molecule has 25 heavy (non-hydrogen) atoms. The second-order valence-corrected chi connectivity index (χ2v) is 6.66. The molecule has 7 nitrogen and oxygen atoms in total. The van der Waals surface area contributed by atoms with Crippen LogP contribution in [0.2, 0.25) is 0 Å². The summed E-state index contributed by atoms with van der Waals surface area (Å²) in [6.45, 7) is 5.90. The van der Waals surface area contributed by atoms with Crippen molar-refractivity contribution in [3.05, 3.63) is 45.9 Å². The number of ketones is 1. The van der Waals surface area contributed by atoms with Crippen molar-refractivity contribution in [3.63, 3.8) is 0 Å². The number of thioether (sulfide) groups is 1. The highest BCUT2D eigenvalue weighted by Gasteiger charge is 2.13. The molecule has 1 amide bonds. The minimum atomic E-state index is -0.256. The maximum absolute atomic E-state index is 12.3. The molecule has 8 heteroatoms. The molecule has 0 spiro atoms. The van der Waals surface area contributed by atoms with E-state index in [9.17, 15) is 14.4 Å². The normalized spacial score (nSPS) is 12.0. The van der Waals surface area contributed by atoms with Gasteiger partial charge in [-0.2, -0.15) is 0 Å². The molecule has 1 unspecified atom stereocenters. The highest BCUT2D eigenvalue weighted by molar-refractivity contribution is 7.99. The number of H-pyrrole nitrogens is 1. The third kappa shape index (κ3) is 5.06. The Morgan fingerprint density at radius 2 is 2.00 bits per heavy atom. The van der Waals surface area contributed by atoms with E-state index >= 15 is 0 Å². The molecule has 0 saturated carbocycles. The zero-order valence-electron chi connectivity index (χ0n) is 14.5. The van der Waals surface area contributed by atoms with E-state index in [4.69, 9.17) is 0 Å². The van der Waals surface area contributed by atoms with E-state index in [1.807, 2.05) is 26.0 Å². The van der Waals surface area contributed by atoms with Crippen LogP contribution < -0.4 is 11.0 Å². The Kier molecular flexibility index (Phi) is 6.58. The van der Waals surface area contributed by atoms with Gasteiger partial charge in [-0.3, -0.25) is 14.2 Å². The number of aromatic nitrogens is 3. The molecular weight excluding hydrogens is 340 g/mol. The van der Waals surface area contributed by atoms with E-state index in [0.29, 0.717) is 17.3 Å². The minimum absolute atomic E-state index is 0.0396. The average Bonchev–Trinajstić information content (AvgIpc) is 2.93. The second kappa shape index (κ2) is 8.66. The molecule has 0 radical (unpaired) electrons. The third-order valence-corrected chi connectivity index (χ3v) is 4.63. The molecule has 1 atom stereocenters. The number of rotatable bonds is 8. The van der Waals surface area contributed by atoms with Gasteiger partial charge in [-0.05, 0) is 18.9 Å². The van der Waals surface area contributed by atoms with Gasteiger partial charge in [0.2, 0.25) is 5.91 Å². The van der Waals surface area contributed by atoms with Crippen LogP contribution in [0.3, 0.4) is 0 Å². The van der Waals surface area contributed by atoms with Gasteiger partial charge in [0.05, 0.1) is 11.8 Å². The predicted octanol–water partition coefficient (Wildman–Crippen LogP) is 2.15. The molecule has 0 aliphatic rings. The van der Waals surface area contributed by atoms with Crippen molar-refractivity contribution in [3.8, 4) is 0 Å². The first-order valence-electron chi connectivity index (χ1n) is 8.10. The molecule has 1 aromatic carbocycles. The van der Waals surface area contributed by atoms with Crippen molar-refractivity contribution >= 4 is 23.5 Å². The lowest BCUT2D eigenvalue weighted by atomic mass is 10.0. The summed E-state index contributed by atoms with van der Waals surface area (Å²) in [4.78, 5) is 35.1. The molecule has 0 saturated heterocycles. The fraction of sp³-hybridized carbons (Fsp3) is 0.412. The third-order valence-electron chi connectivity index (χ3n) is 3.66. The smallest absolute Gasteiger partial charge is 0.343 e. The monoisotopic (exact) mass is 362 g/mol. The van der Waals surface area contributed by atoms with E-state index in [1.54, 1.807) is 12.1 Å². The van der Waals surface area contributed by atoms with E-state index < -0.39 is 0 Å². The lowest BCUT2D eigenvalue weighted by molar-refractivity contribution is -0.119. The van der Waals surface area contributed by atoms with Gasteiger partial charge in [0.15, 0.2) is 10.9 Å². The van der Waals surface area contributed by atoms with Gasteiger partial charge in [0.25, 0.3) is 0 Å². The van der Waals surface area contributed by atoms with Crippen LogP contribution in [-0.2, 0) is 11.3 Å². The zero-order chi connectivity index (χ0) is 18.4. The van der Waals surface area contributed by atoms with Crippen LogP contribution in [0.4, 0.5) is 0 Å². The van der Waals surface area contributed by atoms with Crippen LogP contribution in [0.15, 0.2) is 34.2 Å². The van der Waals surface area contributed by atoms with Gasteiger partial charge < -0.3 is 5.32 Å². The standard InChI is InChI=1S/C17H22N4O3S/c1-4-9-21-16(24)19-20-17(21)25-10-15(23)14-7-5-13(6-8-14)11(2)18-12(3)22/h5-8,11H,4,9-10H2,1-3H3,(H,18,22)(H,19,24). The summed E-state index contributed by atoms with van der Waals surface area (Å²) in [5, 5.41) is 9.70. The van der Waals surface area contributed by atoms with Crippen LogP contribution in [0, 0.1) is 0 Å². The number of amides is 1. The summed E-state index contributed by atoms with van der Waals surface area (Å²) in [7, 11) is 0. The molecular formula is C17H22N4O3S. The van der Waals surface area contributed by atoms with Gasteiger partial charge in [0, 0.05) is 19.0 Å². The Labute approximate surface area is 150 Å². The molecule has 1 aromatic heterocycles. The van der Waals surface area contributed by atoms with Gasteiger partial charge in [0.1, 0.15) is 0 Å². The number of carbonyl (C=O) groups is 2. The number of benzene rings is 1. The quantitative estimate of drug-likeness (QED) is 0.554. The van der Waals surface area contributed by atoms with E-state index in [2.05, 4.69) is 15.5 Å². The molecule has 2 N–H and O–H groups in total. The maximum Gasteiger partial charge on any atom is 0.343 e. The Balaban J connectivity index is 1.99. The molecule has 134 valence electrons. The summed E-state index contributed by atoms with van der Waals surface area (Å²) >= 11 is 1.24. The first kappa shape index (κ1) is 19.0. The molecule has 2 aromatic rings. The average molecular weight is 362 g/mol. The SMILES string of the molecule is CCCn1c(SCC(=O)c2ccc(C(C)NC(C)=O)cc2)n[nH]c1=O.